The molecule has 1 aromatic heterocycles. The number of terminal acetylenes is 1. The monoisotopic (exact) mass is 819 g/mol. The summed E-state index contributed by atoms with van der Waals surface area (Å²) in [4.78, 5) is 2.20. The molecular weight excluding hydrogens is 771 g/mol. The Balaban J connectivity index is 1.30. The number of rotatable bonds is 11. The van der Waals surface area contributed by atoms with Gasteiger partial charge in [0.1, 0.15) is 17.1 Å². The second-order valence-corrected chi connectivity index (χ2v) is 16.9. The van der Waals surface area contributed by atoms with Crippen molar-refractivity contribution in [3.05, 3.63) is 239 Å². The second-order valence-electron chi connectivity index (χ2n) is 16.9. The zero-order valence-electron chi connectivity index (χ0n) is 36.0. The Morgan fingerprint density at radius 2 is 1.54 bits per heavy atom. The van der Waals surface area contributed by atoms with Gasteiger partial charge in [-0.15, -0.1) is 6.42 Å². The van der Waals surface area contributed by atoms with Gasteiger partial charge in [-0.3, -0.25) is 4.90 Å². The molecule has 1 unspecified atom stereocenters. The van der Waals surface area contributed by atoms with Crippen molar-refractivity contribution in [2.45, 2.75) is 43.4 Å². The summed E-state index contributed by atoms with van der Waals surface area (Å²) in [5.74, 6) is 4.97. The van der Waals surface area contributed by atoms with E-state index in [-0.39, 0.29) is 5.41 Å². The number of aryl methyl sites for hydroxylation is 1. The first-order valence-corrected chi connectivity index (χ1v) is 21.7. The third-order valence-corrected chi connectivity index (χ3v) is 13.3. The second kappa shape index (κ2) is 16.1. The molecule has 4 aliphatic carbocycles. The van der Waals surface area contributed by atoms with Crippen LogP contribution in [0.3, 0.4) is 0 Å². The molecule has 0 saturated carbocycles. The van der Waals surface area contributed by atoms with Crippen LogP contribution in [0.2, 0.25) is 0 Å². The van der Waals surface area contributed by atoms with Gasteiger partial charge in [0.2, 0.25) is 0 Å². The summed E-state index contributed by atoms with van der Waals surface area (Å²) in [6.45, 7) is 6.92. The van der Waals surface area contributed by atoms with Gasteiger partial charge in [0.25, 0.3) is 0 Å². The van der Waals surface area contributed by atoms with Crippen LogP contribution in [0.25, 0.3) is 27.7 Å². The molecule has 4 nitrogen and oxygen atoms in total. The predicted molar refractivity (Wildman–Crippen MR) is 259 cm³/mol. The number of fused-ring (bicyclic) bond motifs is 10. The van der Waals surface area contributed by atoms with E-state index in [0.29, 0.717) is 12.1 Å². The number of methoxy groups -OCH3 is 2. The van der Waals surface area contributed by atoms with Gasteiger partial charge in [-0.05, 0) is 101 Å². The number of ether oxygens (including phenoxy) is 2. The molecule has 10 rings (SSSR count). The minimum atomic E-state index is -0.669. The van der Waals surface area contributed by atoms with E-state index in [9.17, 15) is 0 Å². The molecule has 0 bridgehead atoms. The van der Waals surface area contributed by atoms with Crippen LogP contribution >= 0.6 is 0 Å². The summed E-state index contributed by atoms with van der Waals surface area (Å²) in [5, 5.41) is 1.16. The van der Waals surface area contributed by atoms with Gasteiger partial charge in [-0.25, -0.2) is 0 Å². The first-order valence-electron chi connectivity index (χ1n) is 21.7. The van der Waals surface area contributed by atoms with Gasteiger partial charge in [0.15, 0.2) is 0 Å². The molecule has 1 heterocycles. The van der Waals surface area contributed by atoms with Crippen molar-refractivity contribution in [1.29, 1.82) is 0 Å². The molecular formula is C59H49NO3. The Morgan fingerprint density at radius 1 is 0.825 bits per heavy atom. The fourth-order valence-corrected chi connectivity index (χ4v) is 10.7. The minimum absolute atomic E-state index is 0.277. The maximum absolute atomic E-state index is 7.02. The van der Waals surface area contributed by atoms with Crippen LogP contribution in [0.5, 0.6) is 5.75 Å². The fourth-order valence-electron chi connectivity index (χ4n) is 10.7. The number of hydrogen-bond acceptors (Lipinski definition) is 4. The maximum atomic E-state index is 7.02. The Hall–Kier alpha value is -7.48. The molecule has 4 heteroatoms. The third kappa shape index (κ3) is 6.30. The summed E-state index contributed by atoms with van der Waals surface area (Å²) in [6.07, 6.45) is 28.6. The molecule has 308 valence electrons. The highest BCUT2D eigenvalue weighted by Crippen LogP contribution is 2.66. The average molecular weight is 820 g/mol. The number of nitrogens with zero attached hydrogens (tertiary/aromatic N) is 1. The Morgan fingerprint density at radius 3 is 2.25 bits per heavy atom. The molecule has 1 atom stereocenters. The van der Waals surface area contributed by atoms with Gasteiger partial charge in [-0.1, -0.05) is 159 Å². The predicted octanol–water partition coefficient (Wildman–Crippen LogP) is 14.2. The van der Waals surface area contributed by atoms with E-state index in [1.165, 1.54) is 33.4 Å². The molecule has 6 aromatic rings. The highest BCUT2D eigenvalue weighted by Gasteiger charge is 2.55. The number of anilines is 2. The first-order chi connectivity index (χ1) is 30.9. The number of hydrogen-bond donors (Lipinski definition) is 0. The lowest BCUT2D eigenvalue weighted by Crippen LogP contribution is -2.30. The van der Waals surface area contributed by atoms with E-state index in [4.69, 9.17) is 20.3 Å². The van der Waals surface area contributed by atoms with Gasteiger partial charge in [0, 0.05) is 33.2 Å². The van der Waals surface area contributed by atoms with Crippen molar-refractivity contribution in [2.75, 3.05) is 19.1 Å². The van der Waals surface area contributed by atoms with Crippen LogP contribution in [-0.2, 0) is 22.0 Å². The zero-order valence-corrected chi connectivity index (χ0v) is 36.0. The summed E-state index contributed by atoms with van der Waals surface area (Å²) in [7, 11) is 3.41. The smallest absolute Gasteiger partial charge is 0.146 e. The summed E-state index contributed by atoms with van der Waals surface area (Å²) >= 11 is 0. The van der Waals surface area contributed by atoms with Crippen molar-refractivity contribution in [1.82, 2.24) is 0 Å². The van der Waals surface area contributed by atoms with E-state index < -0.39 is 5.41 Å². The van der Waals surface area contributed by atoms with Crippen molar-refractivity contribution in [2.24, 2.45) is 0 Å². The number of para-hydroxylation sites is 3. The molecule has 0 amide bonds. The molecule has 0 fully saturated rings. The number of furan rings is 1. The normalized spacial score (nSPS) is 18.2. The van der Waals surface area contributed by atoms with Crippen LogP contribution < -0.4 is 9.64 Å². The Bertz CT molecular complexity index is 3040. The largest absolute Gasteiger partial charge is 0.504 e. The number of allylic oxidation sites excluding steroid dienone is 14. The lowest BCUT2D eigenvalue weighted by molar-refractivity contribution is 0.338. The van der Waals surface area contributed by atoms with Gasteiger partial charge in [0.05, 0.1) is 37.3 Å². The first kappa shape index (κ1) is 39.6. The maximum Gasteiger partial charge on any atom is 0.146 e. The van der Waals surface area contributed by atoms with Crippen LogP contribution in [0.15, 0.2) is 215 Å². The molecule has 0 radical (unpaired) electrons. The molecule has 63 heavy (non-hydrogen) atoms. The van der Waals surface area contributed by atoms with Crippen LogP contribution in [-0.4, -0.2) is 14.2 Å². The van der Waals surface area contributed by atoms with E-state index in [2.05, 4.69) is 176 Å². The highest BCUT2D eigenvalue weighted by molar-refractivity contribution is 6.01. The lowest BCUT2D eigenvalue weighted by Gasteiger charge is -2.36. The SMILES string of the molecule is C#C/C(=C\C1=C(CC(=C)/C=C\C=C/OC)C2=C(CCc3c2oc2ccccc32)C12c1ccccc1-c1ccccc12)N(c1ccccc1)c1cccc(C2(C)C=CC=CC2)c1OC. The lowest BCUT2D eigenvalue weighted by atomic mass is 9.66. The molecule has 4 aliphatic rings. The minimum Gasteiger partial charge on any atom is -0.504 e. The standard InChI is InChI=1S/C59H49NO3/c1-6-41(60(42-23-9-7-10-24-42)53-31-21-30-51(57(53)62-5)58(3)35-18-8-19-36-58)39-52-47(38-40(2)22-17-20-37-61-4)55-50(34-33-46-45-27-13-16-32-54(45)63-56(46)55)59(52)48-28-14-11-25-43(48)44-26-12-15-29-49(44)59/h1,7-32,35,37,39H,2,33-34,36,38H2,3-5H3/b22-17-,37-20-,41-39+. The molecule has 0 saturated heterocycles. The Labute approximate surface area is 370 Å². The quantitative estimate of drug-likeness (QED) is 0.0741. The van der Waals surface area contributed by atoms with Crippen molar-refractivity contribution >= 4 is 27.9 Å². The van der Waals surface area contributed by atoms with Crippen molar-refractivity contribution < 1.29 is 13.9 Å². The summed E-state index contributed by atoms with van der Waals surface area (Å²) in [6, 6.07) is 43.1. The highest BCUT2D eigenvalue weighted by atomic mass is 16.5. The fraction of sp³-hybridized carbons (Fsp3) is 0.153. The van der Waals surface area contributed by atoms with Crippen LogP contribution in [0.1, 0.15) is 54.2 Å². The topological polar surface area (TPSA) is 34.8 Å². The zero-order chi connectivity index (χ0) is 43.1. The van der Waals surface area contributed by atoms with Crippen molar-refractivity contribution in [3.63, 3.8) is 0 Å². The Kier molecular flexibility index (Phi) is 10.1. The van der Waals surface area contributed by atoms with Gasteiger partial charge < -0.3 is 13.9 Å². The third-order valence-electron chi connectivity index (χ3n) is 13.3. The number of benzene rings is 5. The summed E-state index contributed by atoms with van der Waals surface area (Å²) < 4.78 is 18.7. The van der Waals surface area contributed by atoms with Gasteiger partial charge >= 0.3 is 0 Å². The van der Waals surface area contributed by atoms with Crippen LogP contribution in [0.4, 0.5) is 11.4 Å². The average Bonchev–Trinajstić information content (AvgIpc) is 3.94. The van der Waals surface area contributed by atoms with E-state index in [1.54, 1.807) is 20.5 Å². The molecule has 5 aromatic carbocycles. The van der Waals surface area contributed by atoms with Crippen LogP contribution in [0, 0.1) is 12.3 Å². The molecule has 1 spiro atoms. The van der Waals surface area contributed by atoms with Gasteiger partial charge in [-0.2, -0.15) is 0 Å². The summed E-state index contributed by atoms with van der Waals surface area (Å²) in [5.41, 5.74) is 15.4. The molecule has 0 aliphatic heterocycles. The van der Waals surface area contributed by atoms with E-state index in [1.807, 2.05) is 18.2 Å². The van der Waals surface area contributed by atoms with Crippen molar-refractivity contribution in [3.8, 4) is 29.2 Å². The molecule has 0 N–H and O–H groups in total. The van der Waals surface area contributed by atoms with E-state index >= 15 is 0 Å². The van der Waals surface area contributed by atoms with E-state index in [0.717, 1.165) is 81.0 Å².